The minimum atomic E-state index is -0.361. The molecule has 0 fully saturated rings. The number of hydrogen-bond donors (Lipinski definition) is 0. The van der Waals surface area contributed by atoms with Gasteiger partial charge in [-0.3, -0.25) is 0 Å². The summed E-state index contributed by atoms with van der Waals surface area (Å²) >= 11 is 0. The van der Waals surface area contributed by atoms with E-state index in [-0.39, 0.29) is 12.4 Å². The first-order valence-electron chi connectivity index (χ1n) is 2.78. The van der Waals surface area contributed by atoms with E-state index in [0.717, 1.165) is 0 Å². The lowest BCUT2D eigenvalue weighted by atomic mass is 10.8. The highest BCUT2D eigenvalue weighted by molar-refractivity contribution is 4.76. The highest BCUT2D eigenvalue weighted by Crippen LogP contribution is 2.04. The van der Waals surface area contributed by atoms with Crippen LogP contribution in [-0.4, -0.2) is 23.6 Å². The maximum atomic E-state index is 4.94. The van der Waals surface area contributed by atoms with Crippen molar-refractivity contribution in [1.82, 2.24) is 10.2 Å². The van der Waals surface area contributed by atoms with E-state index in [2.05, 4.69) is 14.6 Å². The van der Waals surface area contributed by atoms with Gasteiger partial charge < -0.3 is 13.9 Å². The average molecular weight is 144 g/mol. The van der Waals surface area contributed by atoms with Gasteiger partial charge in [0.25, 0.3) is 0 Å². The molecule has 0 spiro atoms. The van der Waals surface area contributed by atoms with Gasteiger partial charge in [-0.05, 0) is 6.92 Å². The van der Waals surface area contributed by atoms with Crippen molar-refractivity contribution in [3.8, 4) is 6.08 Å². The zero-order valence-corrected chi connectivity index (χ0v) is 5.77. The molecule has 0 N–H and O–H groups in total. The fourth-order valence-corrected chi connectivity index (χ4v) is 0.404. The van der Waals surface area contributed by atoms with E-state index in [1.165, 1.54) is 13.5 Å². The molecule has 10 heavy (non-hydrogen) atoms. The fraction of sp³-hybridized carbons (Fsp3) is 0.600. The smallest absolute Gasteiger partial charge is 0.416 e. The molecule has 1 aromatic rings. The van der Waals surface area contributed by atoms with Gasteiger partial charge in [0.15, 0.2) is 0 Å². The molecule has 56 valence electrons. The summed E-state index contributed by atoms with van der Waals surface area (Å²) in [4.78, 5) is 0. The first-order valence-corrected chi connectivity index (χ1v) is 2.78. The zero-order valence-electron chi connectivity index (χ0n) is 5.77. The Morgan fingerprint density at radius 2 is 2.50 bits per heavy atom. The molecule has 1 heterocycles. The minimum Gasteiger partial charge on any atom is -0.419 e. The van der Waals surface area contributed by atoms with Crippen LogP contribution in [0.4, 0.5) is 0 Å². The predicted octanol–water partition coefficient (Wildman–Crippen LogP) is 0.441. The summed E-state index contributed by atoms with van der Waals surface area (Å²) < 4.78 is 14.4. The summed E-state index contributed by atoms with van der Waals surface area (Å²) in [6, 6.07) is 0. The quantitative estimate of drug-likeness (QED) is 0.576. The first-order chi connectivity index (χ1) is 4.83. The topological polar surface area (TPSA) is 57.4 Å². The molecule has 0 aliphatic heterocycles. The van der Waals surface area contributed by atoms with Gasteiger partial charge in [0.2, 0.25) is 12.7 Å². The second-order valence-electron chi connectivity index (χ2n) is 1.63. The number of hydrogen-bond acceptors (Lipinski definition) is 5. The molecular weight excluding hydrogens is 136 g/mol. The van der Waals surface area contributed by atoms with Crippen LogP contribution in [0, 0.1) is 0 Å². The molecule has 0 amide bonds. The van der Waals surface area contributed by atoms with Crippen LogP contribution in [0.15, 0.2) is 10.8 Å². The van der Waals surface area contributed by atoms with E-state index >= 15 is 0 Å². The van der Waals surface area contributed by atoms with Gasteiger partial charge in [-0.15, -0.1) is 5.10 Å². The summed E-state index contributed by atoms with van der Waals surface area (Å²) in [6.07, 6.45) is 0.951. The van der Waals surface area contributed by atoms with Crippen molar-refractivity contribution in [2.24, 2.45) is 0 Å². The molecule has 1 unspecified atom stereocenters. The molecule has 0 saturated heterocycles. The standard InChI is InChI=1S/C5H8N2O3/c1-4(8-2)10-5-7-6-3-9-5/h3-4H,1-2H3. The third-order valence-corrected chi connectivity index (χ3v) is 0.939. The Bertz CT molecular complexity index is 175. The molecular formula is C5H8N2O3. The van der Waals surface area contributed by atoms with Crippen LogP contribution in [0.25, 0.3) is 0 Å². The molecule has 0 aromatic carbocycles. The Morgan fingerprint density at radius 1 is 1.70 bits per heavy atom. The van der Waals surface area contributed by atoms with E-state index in [1.807, 2.05) is 0 Å². The molecule has 0 bridgehead atoms. The number of ether oxygens (including phenoxy) is 2. The maximum absolute atomic E-state index is 4.94. The highest BCUT2D eigenvalue weighted by atomic mass is 16.7. The van der Waals surface area contributed by atoms with Crippen LogP contribution in [0.1, 0.15) is 6.92 Å². The number of aromatic nitrogens is 2. The lowest BCUT2D eigenvalue weighted by Crippen LogP contribution is -2.13. The SMILES string of the molecule is COC(C)Oc1nnco1. The van der Waals surface area contributed by atoms with Crippen LogP contribution in [0.3, 0.4) is 0 Å². The fourth-order valence-electron chi connectivity index (χ4n) is 0.404. The number of nitrogens with zero attached hydrogens (tertiary/aromatic N) is 2. The van der Waals surface area contributed by atoms with E-state index in [1.54, 1.807) is 6.92 Å². The van der Waals surface area contributed by atoms with Gasteiger partial charge in [0.05, 0.1) is 0 Å². The third-order valence-electron chi connectivity index (χ3n) is 0.939. The largest absolute Gasteiger partial charge is 0.419 e. The van der Waals surface area contributed by atoms with E-state index in [4.69, 9.17) is 9.47 Å². The van der Waals surface area contributed by atoms with Crippen molar-refractivity contribution in [3.63, 3.8) is 0 Å². The number of rotatable bonds is 3. The van der Waals surface area contributed by atoms with Crippen molar-refractivity contribution in [1.29, 1.82) is 0 Å². The number of methoxy groups -OCH3 is 1. The third kappa shape index (κ3) is 1.70. The predicted molar refractivity (Wildman–Crippen MR) is 31.4 cm³/mol. The molecule has 5 nitrogen and oxygen atoms in total. The van der Waals surface area contributed by atoms with Gasteiger partial charge in [-0.25, -0.2) is 0 Å². The van der Waals surface area contributed by atoms with Crippen LogP contribution >= 0.6 is 0 Å². The van der Waals surface area contributed by atoms with Crippen molar-refractivity contribution < 1.29 is 13.9 Å². The normalized spacial score (nSPS) is 13.0. The summed E-state index contributed by atoms with van der Waals surface area (Å²) in [7, 11) is 1.53. The Balaban J connectivity index is 2.40. The molecule has 0 saturated carbocycles. The zero-order chi connectivity index (χ0) is 7.40. The second kappa shape index (κ2) is 3.17. The van der Waals surface area contributed by atoms with Crippen molar-refractivity contribution in [2.75, 3.05) is 7.11 Å². The molecule has 1 atom stereocenters. The highest BCUT2D eigenvalue weighted by Gasteiger charge is 2.04. The minimum absolute atomic E-state index is 0.120. The second-order valence-corrected chi connectivity index (χ2v) is 1.63. The van der Waals surface area contributed by atoms with Crippen molar-refractivity contribution in [3.05, 3.63) is 6.39 Å². The van der Waals surface area contributed by atoms with E-state index in [9.17, 15) is 0 Å². The summed E-state index contributed by atoms with van der Waals surface area (Å²) in [5.41, 5.74) is 0. The van der Waals surface area contributed by atoms with E-state index < -0.39 is 0 Å². The maximum Gasteiger partial charge on any atom is 0.416 e. The Labute approximate surface area is 58.0 Å². The molecule has 0 radical (unpaired) electrons. The van der Waals surface area contributed by atoms with E-state index in [0.29, 0.717) is 0 Å². The van der Waals surface area contributed by atoms with Crippen molar-refractivity contribution >= 4 is 0 Å². The lowest BCUT2D eigenvalue weighted by molar-refractivity contribution is -0.0544. The van der Waals surface area contributed by atoms with Gasteiger partial charge in [0.1, 0.15) is 0 Å². The van der Waals surface area contributed by atoms with Crippen LogP contribution in [0.2, 0.25) is 0 Å². The van der Waals surface area contributed by atoms with Gasteiger partial charge in [-0.2, -0.15) is 0 Å². The summed E-state index contributed by atoms with van der Waals surface area (Å²) in [5.74, 6) is 0. The van der Waals surface area contributed by atoms with Gasteiger partial charge in [0, 0.05) is 7.11 Å². The van der Waals surface area contributed by atoms with Crippen LogP contribution in [-0.2, 0) is 4.74 Å². The first kappa shape index (κ1) is 7.01. The van der Waals surface area contributed by atoms with Crippen LogP contribution in [0.5, 0.6) is 6.08 Å². The monoisotopic (exact) mass is 144 g/mol. The summed E-state index contributed by atoms with van der Waals surface area (Å²) in [5, 5.41) is 6.90. The molecule has 1 aromatic heterocycles. The summed E-state index contributed by atoms with van der Waals surface area (Å²) in [6.45, 7) is 1.73. The molecule has 0 aliphatic rings. The average Bonchev–Trinajstić information content (AvgIpc) is 2.40. The Hall–Kier alpha value is -1.10. The van der Waals surface area contributed by atoms with Crippen molar-refractivity contribution in [2.45, 2.75) is 13.2 Å². The van der Waals surface area contributed by atoms with Gasteiger partial charge in [-0.1, -0.05) is 5.10 Å². The van der Waals surface area contributed by atoms with Crippen LogP contribution < -0.4 is 4.74 Å². The Morgan fingerprint density at radius 3 is 3.00 bits per heavy atom. The van der Waals surface area contributed by atoms with Gasteiger partial charge >= 0.3 is 6.08 Å². The molecule has 5 heteroatoms. The lowest BCUT2D eigenvalue weighted by Gasteiger charge is -2.06. The molecule has 0 aliphatic carbocycles. The molecule has 1 rings (SSSR count). The Kier molecular flexibility index (Phi) is 2.22.